The van der Waals surface area contributed by atoms with Gasteiger partial charge in [0.05, 0.1) is 0 Å². The van der Waals surface area contributed by atoms with Crippen molar-refractivity contribution in [1.82, 2.24) is 10.6 Å². The molecule has 0 aromatic heterocycles. The number of thioether (sulfide) groups is 1. The number of nitrogens with one attached hydrogen (secondary N) is 2. The predicted octanol–water partition coefficient (Wildman–Crippen LogP) is 2.60. The Labute approximate surface area is 125 Å². The topological polar surface area (TPSA) is 78.4 Å². The molecule has 5 nitrogen and oxygen atoms in total. The summed E-state index contributed by atoms with van der Waals surface area (Å²) in [5.74, 6) is -0.973. The largest absolute Gasteiger partial charge is 0.480 e. The van der Waals surface area contributed by atoms with E-state index in [2.05, 4.69) is 16.9 Å². The molecular formula is C14H26N2O3S. The molecule has 1 saturated carbocycles. The maximum Gasteiger partial charge on any atom is 0.326 e. The number of urea groups is 1. The summed E-state index contributed by atoms with van der Waals surface area (Å²) < 4.78 is 0.124. The second kappa shape index (κ2) is 8.39. The van der Waals surface area contributed by atoms with Gasteiger partial charge in [-0.25, -0.2) is 9.59 Å². The van der Waals surface area contributed by atoms with Crippen molar-refractivity contribution in [2.75, 3.05) is 12.8 Å². The van der Waals surface area contributed by atoms with Crippen molar-refractivity contribution in [2.24, 2.45) is 0 Å². The highest BCUT2D eigenvalue weighted by Gasteiger charge is 2.31. The molecule has 3 N–H and O–H groups in total. The van der Waals surface area contributed by atoms with Gasteiger partial charge in [-0.3, -0.25) is 0 Å². The van der Waals surface area contributed by atoms with Crippen molar-refractivity contribution in [2.45, 2.75) is 62.7 Å². The van der Waals surface area contributed by atoms with Crippen LogP contribution < -0.4 is 10.6 Å². The van der Waals surface area contributed by atoms with Crippen LogP contribution in [-0.2, 0) is 4.79 Å². The van der Waals surface area contributed by atoms with Gasteiger partial charge >= 0.3 is 12.0 Å². The Kier molecular flexibility index (Phi) is 7.19. The van der Waals surface area contributed by atoms with Crippen LogP contribution in [0.3, 0.4) is 0 Å². The van der Waals surface area contributed by atoms with E-state index in [4.69, 9.17) is 5.11 Å². The summed E-state index contributed by atoms with van der Waals surface area (Å²) in [6.45, 7) is 2.51. The van der Waals surface area contributed by atoms with Gasteiger partial charge in [-0.2, -0.15) is 11.8 Å². The van der Waals surface area contributed by atoms with Crippen LogP contribution in [0.2, 0.25) is 0 Å². The van der Waals surface area contributed by atoms with Crippen molar-refractivity contribution in [3.63, 3.8) is 0 Å². The van der Waals surface area contributed by atoms with Gasteiger partial charge in [-0.05, 0) is 25.5 Å². The third-order valence-electron chi connectivity index (χ3n) is 3.95. The molecule has 0 heterocycles. The zero-order chi connectivity index (χ0) is 15.0. The zero-order valence-electron chi connectivity index (χ0n) is 12.4. The molecule has 0 aliphatic heterocycles. The fourth-order valence-corrected chi connectivity index (χ4v) is 3.56. The molecule has 0 radical (unpaired) electrons. The van der Waals surface area contributed by atoms with E-state index in [9.17, 15) is 9.59 Å². The van der Waals surface area contributed by atoms with Crippen LogP contribution in [0.1, 0.15) is 51.9 Å². The third kappa shape index (κ3) is 5.23. The third-order valence-corrected chi connectivity index (χ3v) is 5.37. The minimum absolute atomic E-state index is 0.124. The lowest BCUT2D eigenvalue weighted by molar-refractivity contribution is -0.139. The Hall–Kier alpha value is -0.910. The van der Waals surface area contributed by atoms with Crippen molar-refractivity contribution in [3.8, 4) is 0 Å². The van der Waals surface area contributed by atoms with Gasteiger partial charge in [0.1, 0.15) is 6.04 Å². The molecule has 6 heteroatoms. The molecule has 1 aliphatic carbocycles. The van der Waals surface area contributed by atoms with Crippen LogP contribution >= 0.6 is 11.8 Å². The van der Waals surface area contributed by atoms with Gasteiger partial charge in [-0.1, -0.05) is 32.6 Å². The van der Waals surface area contributed by atoms with E-state index in [1.165, 1.54) is 19.3 Å². The molecule has 116 valence electrons. The normalized spacial score (nSPS) is 19.1. The van der Waals surface area contributed by atoms with E-state index in [0.29, 0.717) is 13.0 Å². The van der Waals surface area contributed by atoms with E-state index in [1.807, 2.05) is 18.7 Å². The summed E-state index contributed by atoms with van der Waals surface area (Å²) in [5, 5.41) is 14.4. The molecule has 0 aromatic rings. The molecule has 0 spiro atoms. The molecule has 0 saturated heterocycles. The summed E-state index contributed by atoms with van der Waals surface area (Å²) in [4.78, 5) is 22.8. The molecule has 0 bridgehead atoms. The second-order valence-corrected chi connectivity index (χ2v) is 6.73. The summed E-state index contributed by atoms with van der Waals surface area (Å²) in [5.41, 5.74) is 0. The first kappa shape index (κ1) is 17.1. The number of carbonyl (C=O) groups is 2. The van der Waals surface area contributed by atoms with Gasteiger partial charge in [0.25, 0.3) is 0 Å². The van der Waals surface area contributed by atoms with Crippen LogP contribution in [0, 0.1) is 0 Å². The van der Waals surface area contributed by atoms with Crippen LogP contribution in [0.25, 0.3) is 0 Å². The Bertz CT molecular complexity index is 330. The van der Waals surface area contributed by atoms with Gasteiger partial charge in [0, 0.05) is 11.3 Å². The highest BCUT2D eigenvalue weighted by Crippen LogP contribution is 2.37. The van der Waals surface area contributed by atoms with Crippen LogP contribution in [0.4, 0.5) is 4.79 Å². The second-order valence-electron chi connectivity index (χ2n) is 5.45. The van der Waals surface area contributed by atoms with Crippen LogP contribution in [-0.4, -0.2) is 40.7 Å². The summed E-state index contributed by atoms with van der Waals surface area (Å²) in [6.07, 6.45) is 9.18. The summed E-state index contributed by atoms with van der Waals surface area (Å²) >= 11 is 1.81. The monoisotopic (exact) mass is 302 g/mol. The fraction of sp³-hybridized carbons (Fsp3) is 0.857. The molecule has 1 atom stereocenters. The van der Waals surface area contributed by atoms with Crippen molar-refractivity contribution < 1.29 is 14.7 Å². The predicted molar refractivity (Wildman–Crippen MR) is 82.2 cm³/mol. The van der Waals surface area contributed by atoms with Gasteiger partial charge in [0.15, 0.2) is 0 Å². The first-order chi connectivity index (χ1) is 9.53. The number of carboxylic acids is 1. The molecule has 1 fully saturated rings. The van der Waals surface area contributed by atoms with E-state index >= 15 is 0 Å². The SMILES string of the molecule is CCC[C@H](NC(=O)NCC1(SC)CCCCC1)C(=O)O. The Morgan fingerprint density at radius 2 is 1.95 bits per heavy atom. The Balaban J connectivity index is 2.43. The van der Waals surface area contributed by atoms with E-state index in [0.717, 1.165) is 19.3 Å². The Morgan fingerprint density at radius 1 is 1.30 bits per heavy atom. The number of rotatable bonds is 7. The number of amides is 2. The first-order valence-corrected chi connectivity index (χ1v) is 8.58. The van der Waals surface area contributed by atoms with Crippen LogP contribution in [0.5, 0.6) is 0 Å². The number of hydrogen-bond acceptors (Lipinski definition) is 3. The number of aliphatic carboxylic acids is 1. The van der Waals surface area contributed by atoms with Gasteiger partial charge in [0.2, 0.25) is 0 Å². The van der Waals surface area contributed by atoms with E-state index < -0.39 is 12.0 Å². The minimum atomic E-state index is -0.973. The Morgan fingerprint density at radius 3 is 2.45 bits per heavy atom. The molecular weight excluding hydrogens is 276 g/mol. The average Bonchev–Trinajstić information content (AvgIpc) is 2.45. The fourth-order valence-electron chi connectivity index (χ4n) is 2.65. The maximum atomic E-state index is 11.8. The van der Waals surface area contributed by atoms with Crippen LogP contribution in [0.15, 0.2) is 0 Å². The van der Waals surface area contributed by atoms with Crippen molar-refractivity contribution in [1.29, 1.82) is 0 Å². The lowest BCUT2D eigenvalue weighted by Crippen LogP contribution is -2.50. The van der Waals surface area contributed by atoms with Crippen molar-refractivity contribution in [3.05, 3.63) is 0 Å². The minimum Gasteiger partial charge on any atom is -0.480 e. The number of carbonyl (C=O) groups excluding carboxylic acids is 1. The molecule has 2 amide bonds. The smallest absolute Gasteiger partial charge is 0.326 e. The molecule has 0 unspecified atom stereocenters. The zero-order valence-corrected chi connectivity index (χ0v) is 13.2. The van der Waals surface area contributed by atoms with E-state index in [-0.39, 0.29) is 10.8 Å². The summed E-state index contributed by atoms with van der Waals surface area (Å²) in [7, 11) is 0. The standard InChI is InChI=1S/C14H26N2O3S/c1-3-7-11(12(17)18)16-13(19)15-10-14(20-2)8-5-4-6-9-14/h11H,3-10H2,1-2H3,(H,17,18)(H2,15,16,19)/t11-/m0/s1. The average molecular weight is 302 g/mol. The quantitative estimate of drug-likeness (QED) is 0.675. The number of hydrogen-bond donors (Lipinski definition) is 3. The lowest BCUT2D eigenvalue weighted by Gasteiger charge is -2.35. The lowest BCUT2D eigenvalue weighted by atomic mass is 9.88. The van der Waals surface area contributed by atoms with E-state index in [1.54, 1.807) is 0 Å². The highest BCUT2D eigenvalue weighted by molar-refractivity contribution is 8.00. The van der Waals surface area contributed by atoms with Crippen molar-refractivity contribution >= 4 is 23.8 Å². The molecule has 1 rings (SSSR count). The van der Waals surface area contributed by atoms with Gasteiger partial charge in [-0.15, -0.1) is 0 Å². The van der Waals surface area contributed by atoms with Gasteiger partial charge < -0.3 is 15.7 Å². The highest BCUT2D eigenvalue weighted by atomic mass is 32.2. The molecule has 0 aromatic carbocycles. The first-order valence-electron chi connectivity index (χ1n) is 7.35. The molecule has 20 heavy (non-hydrogen) atoms. The summed E-state index contributed by atoms with van der Waals surface area (Å²) in [6, 6.07) is -1.17. The number of carboxylic acid groups (broad SMARTS) is 1. The molecule has 1 aliphatic rings. The maximum absolute atomic E-state index is 11.8.